The monoisotopic (exact) mass is 404 g/mol. The zero-order chi connectivity index (χ0) is 21.2. The van der Waals surface area contributed by atoms with Crippen LogP contribution in [0.1, 0.15) is 44.1 Å². The van der Waals surface area contributed by atoms with Crippen molar-refractivity contribution in [3.8, 4) is 0 Å². The van der Waals surface area contributed by atoms with Gasteiger partial charge in [0, 0.05) is 6.54 Å². The van der Waals surface area contributed by atoms with Gasteiger partial charge in [-0.1, -0.05) is 49.6 Å². The third kappa shape index (κ3) is 7.83. The van der Waals surface area contributed by atoms with Crippen molar-refractivity contribution in [1.29, 1.82) is 0 Å². The van der Waals surface area contributed by atoms with Gasteiger partial charge in [-0.05, 0) is 30.7 Å². The second kappa shape index (κ2) is 11.5. The number of carbonyl (C=O) groups is 3. The molecule has 0 radical (unpaired) electrons. The van der Waals surface area contributed by atoms with Gasteiger partial charge in [-0.2, -0.15) is 0 Å². The molecule has 1 aliphatic rings. The first kappa shape index (κ1) is 22.8. The summed E-state index contributed by atoms with van der Waals surface area (Å²) >= 11 is 0. The Morgan fingerprint density at radius 1 is 1.07 bits per heavy atom. The molecule has 160 valence electrons. The molecule has 1 fully saturated rings. The highest BCUT2D eigenvalue weighted by Crippen LogP contribution is 2.22. The maximum Gasteiger partial charge on any atom is 0.251 e. The summed E-state index contributed by atoms with van der Waals surface area (Å²) in [5.41, 5.74) is 11.6. The maximum absolute atomic E-state index is 12.5. The van der Waals surface area contributed by atoms with E-state index in [-0.39, 0.29) is 12.8 Å². The highest BCUT2D eigenvalue weighted by molar-refractivity contribution is 5.88. The minimum Gasteiger partial charge on any atom is -0.381 e. The third-order valence-electron chi connectivity index (χ3n) is 5.32. The fourth-order valence-corrected chi connectivity index (χ4v) is 3.63. The van der Waals surface area contributed by atoms with E-state index in [0.717, 1.165) is 31.2 Å². The molecule has 1 aliphatic carbocycles. The Balaban J connectivity index is 2.00. The molecule has 0 heterocycles. The Kier molecular flexibility index (Phi) is 9.08. The lowest BCUT2D eigenvalue weighted by Crippen LogP contribution is -2.55. The van der Waals surface area contributed by atoms with E-state index < -0.39 is 35.9 Å². The molecule has 0 unspecified atom stereocenters. The highest BCUT2D eigenvalue weighted by atomic mass is 16.3. The molecule has 0 aromatic heterocycles. The summed E-state index contributed by atoms with van der Waals surface area (Å²) < 4.78 is 0. The number of carbonyl (C=O) groups excluding carboxylic acids is 3. The summed E-state index contributed by atoms with van der Waals surface area (Å²) in [6.45, 7) is 0.517. The van der Waals surface area contributed by atoms with E-state index >= 15 is 0 Å². The molecule has 0 bridgehead atoms. The number of benzene rings is 1. The van der Waals surface area contributed by atoms with E-state index in [1.54, 1.807) is 0 Å². The molecule has 2 rings (SSSR count). The van der Waals surface area contributed by atoms with Crippen molar-refractivity contribution in [3.63, 3.8) is 0 Å². The molecule has 0 spiro atoms. The predicted octanol–water partition coefficient (Wildman–Crippen LogP) is -0.0260. The second-order valence-corrected chi connectivity index (χ2v) is 7.78. The Morgan fingerprint density at radius 2 is 1.72 bits per heavy atom. The van der Waals surface area contributed by atoms with Crippen molar-refractivity contribution in [2.24, 2.45) is 17.4 Å². The van der Waals surface area contributed by atoms with E-state index in [2.05, 4.69) is 10.6 Å². The van der Waals surface area contributed by atoms with Gasteiger partial charge in [0.2, 0.25) is 11.8 Å². The number of rotatable bonds is 10. The normalized spacial score (nSPS) is 17.7. The molecular weight excluding hydrogens is 372 g/mol. The first-order valence-corrected chi connectivity index (χ1v) is 10.2. The van der Waals surface area contributed by atoms with Crippen LogP contribution >= 0.6 is 0 Å². The molecule has 0 saturated heterocycles. The van der Waals surface area contributed by atoms with Crippen LogP contribution in [-0.4, -0.2) is 47.6 Å². The number of nitrogens with one attached hydrogen (secondary N) is 2. The van der Waals surface area contributed by atoms with Crippen LogP contribution in [0.25, 0.3) is 0 Å². The van der Waals surface area contributed by atoms with Gasteiger partial charge in [0.15, 0.2) is 6.10 Å². The van der Waals surface area contributed by atoms with Gasteiger partial charge in [-0.3, -0.25) is 14.4 Å². The highest BCUT2D eigenvalue weighted by Gasteiger charge is 2.30. The second-order valence-electron chi connectivity index (χ2n) is 7.78. The Labute approximate surface area is 171 Å². The fraction of sp³-hybridized carbons (Fsp3) is 0.571. The Morgan fingerprint density at radius 3 is 2.34 bits per heavy atom. The summed E-state index contributed by atoms with van der Waals surface area (Å²) in [6, 6.07) is 7.20. The van der Waals surface area contributed by atoms with Gasteiger partial charge in [-0.15, -0.1) is 0 Å². The van der Waals surface area contributed by atoms with Gasteiger partial charge < -0.3 is 27.2 Å². The lowest BCUT2D eigenvalue weighted by atomic mass is 9.89. The van der Waals surface area contributed by atoms with Crippen molar-refractivity contribution < 1.29 is 19.5 Å². The minimum atomic E-state index is -1.44. The van der Waals surface area contributed by atoms with Crippen molar-refractivity contribution in [3.05, 3.63) is 35.9 Å². The number of hydrogen-bond donors (Lipinski definition) is 5. The predicted molar refractivity (Wildman–Crippen MR) is 109 cm³/mol. The number of aliphatic hydroxyl groups excluding tert-OH is 1. The molecular formula is C21H32N4O4. The average molecular weight is 405 g/mol. The number of primary amides is 1. The lowest BCUT2D eigenvalue weighted by molar-refractivity contribution is -0.133. The largest absolute Gasteiger partial charge is 0.381 e. The van der Waals surface area contributed by atoms with Crippen molar-refractivity contribution in [2.45, 2.75) is 63.1 Å². The summed E-state index contributed by atoms with van der Waals surface area (Å²) in [7, 11) is 0. The van der Waals surface area contributed by atoms with E-state index in [0.29, 0.717) is 12.5 Å². The van der Waals surface area contributed by atoms with Crippen LogP contribution < -0.4 is 22.1 Å². The topological polar surface area (TPSA) is 148 Å². The van der Waals surface area contributed by atoms with E-state index in [4.69, 9.17) is 11.5 Å². The summed E-state index contributed by atoms with van der Waals surface area (Å²) in [5, 5.41) is 16.0. The van der Waals surface area contributed by atoms with E-state index in [9.17, 15) is 19.5 Å². The first-order chi connectivity index (χ1) is 13.9. The van der Waals surface area contributed by atoms with Crippen LogP contribution in [-0.2, 0) is 20.8 Å². The van der Waals surface area contributed by atoms with Gasteiger partial charge in [0.25, 0.3) is 5.91 Å². The smallest absolute Gasteiger partial charge is 0.251 e. The van der Waals surface area contributed by atoms with Crippen molar-refractivity contribution in [2.75, 3.05) is 6.54 Å². The maximum atomic E-state index is 12.5. The molecule has 0 aliphatic heterocycles. The average Bonchev–Trinajstić information content (AvgIpc) is 2.72. The van der Waals surface area contributed by atoms with Gasteiger partial charge >= 0.3 is 0 Å². The summed E-state index contributed by atoms with van der Waals surface area (Å²) in [5.74, 6) is -1.44. The first-order valence-electron chi connectivity index (χ1n) is 10.2. The SMILES string of the molecule is NC(=O)C[C@H](N)C(=O)N[C@@H](Cc1ccccc1)[C@@H](O)C(=O)NCC1CCCCC1. The molecule has 3 amide bonds. The van der Waals surface area contributed by atoms with Crippen LogP contribution in [0.4, 0.5) is 0 Å². The standard InChI is InChI=1S/C21H32N4O4/c22-16(12-18(23)26)20(28)25-17(11-14-7-3-1-4-8-14)19(27)21(29)24-13-15-9-5-2-6-10-15/h1,3-4,7-8,15-17,19,27H,2,5-6,9-13,22H2,(H2,23,26)(H,24,29)(H,25,28)/t16-,17-,19+/m0/s1. The molecule has 8 heteroatoms. The number of aliphatic hydroxyl groups is 1. The number of hydrogen-bond acceptors (Lipinski definition) is 5. The fourth-order valence-electron chi connectivity index (χ4n) is 3.63. The lowest BCUT2D eigenvalue weighted by Gasteiger charge is -2.27. The quantitative estimate of drug-likeness (QED) is 0.372. The van der Waals surface area contributed by atoms with Crippen LogP contribution in [0.15, 0.2) is 30.3 Å². The van der Waals surface area contributed by atoms with E-state index in [1.807, 2.05) is 30.3 Å². The zero-order valence-electron chi connectivity index (χ0n) is 16.7. The van der Waals surface area contributed by atoms with Gasteiger partial charge in [0.05, 0.1) is 18.5 Å². The third-order valence-corrected chi connectivity index (χ3v) is 5.32. The van der Waals surface area contributed by atoms with Crippen LogP contribution in [0.3, 0.4) is 0 Å². The van der Waals surface area contributed by atoms with E-state index in [1.165, 1.54) is 6.42 Å². The summed E-state index contributed by atoms with van der Waals surface area (Å²) in [6.07, 6.45) is 4.18. The van der Waals surface area contributed by atoms with Crippen molar-refractivity contribution >= 4 is 17.7 Å². The molecule has 1 aromatic carbocycles. The van der Waals surface area contributed by atoms with Gasteiger partial charge in [0.1, 0.15) is 0 Å². The molecule has 29 heavy (non-hydrogen) atoms. The molecule has 1 aromatic rings. The van der Waals surface area contributed by atoms with Gasteiger partial charge in [-0.25, -0.2) is 0 Å². The number of nitrogens with two attached hydrogens (primary N) is 2. The molecule has 7 N–H and O–H groups in total. The Bertz CT molecular complexity index is 677. The zero-order valence-corrected chi connectivity index (χ0v) is 16.7. The summed E-state index contributed by atoms with van der Waals surface area (Å²) in [4.78, 5) is 35.9. The molecule has 1 saturated carbocycles. The van der Waals surface area contributed by atoms with Crippen LogP contribution in [0.2, 0.25) is 0 Å². The minimum absolute atomic E-state index is 0.244. The van der Waals surface area contributed by atoms with Crippen LogP contribution in [0.5, 0.6) is 0 Å². The van der Waals surface area contributed by atoms with Crippen LogP contribution in [0, 0.1) is 5.92 Å². The molecule has 3 atom stereocenters. The Hall–Kier alpha value is -2.45. The van der Waals surface area contributed by atoms with Crippen molar-refractivity contribution in [1.82, 2.24) is 10.6 Å². The molecule has 8 nitrogen and oxygen atoms in total. The number of amides is 3.